The number of allylic oxidation sites excluding steroid dienone is 2. The molecule has 0 saturated heterocycles. The van der Waals surface area contributed by atoms with E-state index >= 15 is 0 Å². The molecule has 0 aliphatic heterocycles. The third kappa shape index (κ3) is 3.17. The molecule has 13 heavy (non-hydrogen) atoms. The number of aliphatic imine (C=N–C) groups is 1. The summed E-state index contributed by atoms with van der Waals surface area (Å²) in [7, 11) is 0. The SMILES string of the molecule is C=CCN=C1C=C(C)CC(C)(C)C1. The van der Waals surface area contributed by atoms with Crippen LogP contribution < -0.4 is 0 Å². The van der Waals surface area contributed by atoms with Crippen LogP contribution in [0.3, 0.4) is 0 Å². The first-order chi connectivity index (χ1) is 6.03. The fourth-order valence-electron chi connectivity index (χ4n) is 1.98. The molecule has 1 rings (SSSR count). The summed E-state index contributed by atoms with van der Waals surface area (Å²) < 4.78 is 0. The Bertz CT molecular complexity index is 256. The maximum Gasteiger partial charge on any atom is 0.0570 e. The summed E-state index contributed by atoms with van der Waals surface area (Å²) >= 11 is 0. The van der Waals surface area contributed by atoms with Gasteiger partial charge in [-0.1, -0.05) is 25.5 Å². The molecule has 72 valence electrons. The van der Waals surface area contributed by atoms with E-state index < -0.39 is 0 Å². The largest absolute Gasteiger partial charge is 0.286 e. The average molecular weight is 177 g/mol. The van der Waals surface area contributed by atoms with Gasteiger partial charge in [0.15, 0.2) is 0 Å². The summed E-state index contributed by atoms with van der Waals surface area (Å²) in [5.41, 5.74) is 3.06. The third-order valence-electron chi connectivity index (χ3n) is 2.25. The van der Waals surface area contributed by atoms with Gasteiger partial charge in [-0.25, -0.2) is 0 Å². The van der Waals surface area contributed by atoms with E-state index in [0.29, 0.717) is 5.41 Å². The minimum atomic E-state index is 0.388. The minimum Gasteiger partial charge on any atom is -0.286 e. The van der Waals surface area contributed by atoms with E-state index in [4.69, 9.17) is 0 Å². The predicted molar refractivity (Wildman–Crippen MR) is 59.3 cm³/mol. The van der Waals surface area contributed by atoms with Gasteiger partial charge in [-0.15, -0.1) is 6.58 Å². The van der Waals surface area contributed by atoms with Gasteiger partial charge in [0.1, 0.15) is 0 Å². The highest BCUT2D eigenvalue weighted by molar-refractivity contribution is 5.96. The summed E-state index contributed by atoms with van der Waals surface area (Å²) in [6, 6.07) is 0. The Morgan fingerprint density at radius 2 is 2.23 bits per heavy atom. The van der Waals surface area contributed by atoms with Crippen LogP contribution >= 0.6 is 0 Å². The molecular weight excluding hydrogens is 158 g/mol. The third-order valence-corrected chi connectivity index (χ3v) is 2.25. The van der Waals surface area contributed by atoms with Gasteiger partial charge >= 0.3 is 0 Å². The quantitative estimate of drug-likeness (QED) is 0.573. The van der Waals surface area contributed by atoms with Crippen molar-refractivity contribution in [2.75, 3.05) is 6.54 Å². The van der Waals surface area contributed by atoms with Crippen LogP contribution in [-0.2, 0) is 0 Å². The number of hydrogen-bond donors (Lipinski definition) is 0. The fraction of sp³-hybridized carbons (Fsp3) is 0.583. The monoisotopic (exact) mass is 177 g/mol. The number of rotatable bonds is 2. The van der Waals surface area contributed by atoms with E-state index in [9.17, 15) is 0 Å². The number of hydrogen-bond acceptors (Lipinski definition) is 1. The minimum absolute atomic E-state index is 0.388. The smallest absolute Gasteiger partial charge is 0.0570 e. The molecule has 0 bridgehead atoms. The van der Waals surface area contributed by atoms with Crippen LogP contribution in [0.2, 0.25) is 0 Å². The zero-order chi connectivity index (χ0) is 9.90. The zero-order valence-electron chi connectivity index (χ0n) is 8.93. The molecule has 0 aromatic rings. The van der Waals surface area contributed by atoms with Crippen LogP contribution in [0.5, 0.6) is 0 Å². The summed E-state index contributed by atoms with van der Waals surface area (Å²) in [4.78, 5) is 4.47. The first-order valence-electron chi connectivity index (χ1n) is 4.85. The van der Waals surface area contributed by atoms with Crippen molar-refractivity contribution in [3.8, 4) is 0 Å². The van der Waals surface area contributed by atoms with Gasteiger partial charge < -0.3 is 0 Å². The highest BCUT2D eigenvalue weighted by Gasteiger charge is 2.24. The van der Waals surface area contributed by atoms with Gasteiger partial charge in [0.05, 0.1) is 6.54 Å². The first kappa shape index (κ1) is 10.2. The van der Waals surface area contributed by atoms with E-state index in [-0.39, 0.29) is 0 Å². The van der Waals surface area contributed by atoms with Crippen molar-refractivity contribution in [2.24, 2.45) is 10.4 Å². The van der Waals surface area contributed by atoms with Crippen molar-refractivity contribution >= 4 is 5.71 Å². The molecule has 0 fully saturated rings. The Morgan fingerprint density at radius 3 is 2.77 bits per heavy atom. The molecule has 1 aliphatic rings. The topological polar surface area (TPSA) is 12.4 Å². The van der Waals surface area contributed by atoms with Gasteiger partial charge in [0, 0.05) is 5.71 Å². The van der Waals surface area contributed by atoms with E-state index in [2.05, 4.69) is 38.4 Å². The van der Waals surface area contributed by atoms with E-state index in [0.717, 1.165) is 13.0 Å². The second-order valence-electron chi connectivity index (χ2n) is 4.63. The molecule has 0 heterocycles. The molecule has 0 radical (unpaired) electrons. The van der Waals surface area contributed by atoms with Crippen LogP contribution in [0.4, 0.5) is 0 Å². The second kappa shape index (κ2) is 3.91. The molecule has 0 amide bonds. The Kier molecular flexibility index (Phi) is 3.07. The maximum absolute atomic E-state index is 4.47. The van der Waals surface area contributed by atoms with Gasteiger partial charge in [0.25, 0.3) is 0 Å². The normalized spacial score (nSPS) is 24.2. The Morgan fingerprint density at radius 1 is 1.54 bits per heavy atom. The highest BCUT2D eigenvalue weighted by atomic mass is 14.7. The predicted octanol–water partition coefficient (Wildman–Crippen LogP) is 3.38. The average Bonchev–Trinajstić information content (AvgIpc) is 1.97. The molecular formula is C12H19N. The van der Waals surface area contributed by atoms with Crippen LogP contribution in [0.1, 0.15) is 33.6 Å². The summed E-state index contributed by atoms with van der Waals surface area (Å²) in [5.74, 6) is 0. The maximum atomic E-state index is 4.47. The van der Waals surface area contributed by atoms with Crippen LogP contribution in [0.25, 0.3) is 0 Å². The molecule has 1 nitrogen and oxygen atoms in total. The van der Waals surface area contributed by atoms with Gasteiger partial charge in [0.2, 0.25) is 0 Å². The molecule has 0 aromatic carbocycles. The van der Waals surface area contributed by atoms with Gasteiger partial charge in [-0.3, -0.25) is 4.99 Å². The molecule has 1 aliphatic carbocycles. The molecule has 0 aromatic heterocycles. The second-order valence-corrected chi connectivity index (χ2v) is 4.63. The van der Waals surface area contributed by atoms with Crippen molar-refractivity contribution in [3.05, 3.63) is 24.3 Å². The van der Waals surface area contributed by atoms with Crippen molar-refractivity contribution in [1.82, 2.24) is 0 Å². The van der Waals surface area contributed by atoms with Crippen LogP contribution in [0.15, 0.2) is 29.3 Å². The fourth-order valence-corrected chi connectivity index (χ4v) is 1.98. The lowest BCUT2D eigenvalue weighted by Gasteiger charge is -2.29. The highest BCUT2D eigenvalue weighted by Crippen LogP contribution is 2.33. The summed E-state index contributed by atoms with van der Waals surface area (Å²) in [6.45, 7) is 11.2. The Labute approximate surface area is 81.3 Å². The lowest BCUT2D eigenvalue weighted by molar-refractivity contribution is 0.373. The molecule has 0 N–H and O–H groups in total. The molecule has 0 unspecified atom stereocenters. The van der Waals surface area contributed by atoms with Crippen LogP contribution in [0, 0.1) is 5.41 Å². The van der Waals surface area contributed by atoms with E-state index in [1.165, 1.54) is 17.7 Å². The number of nitrogens with zero attached hydrogens (tertiary/aromatic N) is 1. The van der Waals surface area contributed by atoms with Crippen molar-refractivity contribution in [3.63, 3.8) is 0 Å². The van der Waals surface area contributed by atoms with Gasteiger partial charge in [-0.05, 0) is 31.3 Å². The van der Waals surface area contributed by atoms with Gasteiger partial charge in [-0.2, -0.15) is 0 Å². The summed E-state index contributed by atoms with van der Waals surface area (Å²) in [5, 5.41) is 0. The summed E-state index contributed by atoms with van der Waals surface area (Å²) in [6.07, 6.45) is 6.35. The molecule has 0 atom stereocenters. The molecule has 0 saturated carbocycles. The Hall–Kier alpha value is -0.850. The van der Waals surface area contributed by atoms with E-state index in [1.807, 2.05) is 6.08 Å². The van der Waals surface area contributed by atoms with Crippen molar-refractivity contribution in [2.45, 2.75) is 33.6 Å². The lowest BCUT2D eigenvalue weighted by atomic mass is 9.77. The Balaban J connectivity index is 2.77. The lowest BCUT2D eigenvalue weighted by Crippen LogP contribution is -2.21. The first-order valence-corrected chi connectivity index (χ1v) is 4.85. The van der Waals surface area contributed by atoms with E-state index in [1.54, 1.807) is 0 Å². The van der Waals surface area contributed by atoms with Crippen LogP contribution in [-0.4, -0.2) is 12.3 Å². The molecule has 1 heteroatoms. The van der Waals surface area contributed by atoms with Crippen molar-refractivity contribution in [1.29, 1.82) is 0 Å². The van der Waals surface area contributed by atoms with Crippen molar-refractivity contribution < 1.29 is 0 Å². The standard InChI is InChI=1S/C12H19N/c1-5-6-13-11-7-10(2)8-12(3,4)9-11/h5,7H,1,6,8-9H2,2-4H3. The zero-order valence-corrected chi connectivity index (χ0v) is 8.93. The molecule has 0 spiro atoms.